The van der Waals surface area contributed by atoms with Gasteiger partial charge in [0.2, 0.25) is 5.88 Å². The second-order valence-electron chi connectivity index (χ2n) is 10.7. The third-order valence-electron chi connectivity index (χ3n) is 7.64. The van der Waals surface area contributed by atoms with E-state index in [1.165, 1.54) is 0 Å². The van der Waals surface area contributed by atoms with Crippen molar-refractivity contribution in [3.8, 4) is 17.1 Å². The van der Waals surface area contributed by atoms with E-state index < -0.39 is 5.97 Å². The molecule has 2 aliphatic rings. The quantitative estimate of drug-likeness (QED) is 0.261. The second-order valence-corrected chi connectivity index (χ2v) is 11.6. The fourth-order valence-electron chi connectivity index (χ4n) is 5.38. The number of rotatable bonds is 10. The summed E-state index contributed by atoms with van der Waals surface area (Å²) >= 11 is 12.6. The molecule has 9 nitrogen and oxygen atoms in total. The molecule has 2 fully saturated rings. The molecule has 5 N–H and O–H groups in total. The maximum Gasteiger partial charge on any atom is 0.303 e. The Morgan fingerprint density at radius 2 is 1.73 bits per heavy atom. The van der Waals surface area contributed by atoms with Crippen LogP contribution in [0.25, 0.3) is 11.3 Å². The lowest BCUT2D eigenvalue weighted by atomic mass is 9.93. The van der Waals surface area contributed by atoms with Crippen molar-refractivity contribution in [1.29, 1.82) is 0 Å². The monoisotopic (exact) mass is 602 g/mol. The molecule has 0 saturated carbocycles. The molecule has 11 heteroatoms. The van der Waals surface area contributed by atoms with Crippen molar-refractivity contribution in [2.24, 2.45) is 17.4 Å². The molecule has 0 bridgehead atoms. The summed E-state index contributed by atoms with van der Waals surface area (Å²) in [4.78, 5) is 22.7. The third-order valence-corrected chi connectivity index (χ3v) is 8.07. The highest BCUT2D eigenvalue weighted by molar-refractivity contribution is 6.35. The number of carboxylic acid groups (broad SMARTS) is 1. The molecule has 2 aliphatic heterocycles. The fraction of sp³-hybridized carbons (Fsp3) is 0.467. The van der Waals surface area contributed by atoms with Crippen molar-refractivity contribution in [2.45, 2.75) is 39.2 Å². The Bertz CT molecular complexity index is 1240. The number of halogens is 2. The molecule has 0 atom stereocenters. The lowest BCUT2D eigenvalue weighted by molar-refractivity contribution is -0.138. The number of carbonyl (C=O) groups is 1. The molecule has 0 aliphatic carbocycles. The van der Waals surface area contributed by atoms with Gasteiger partial charge in [0, 0.05) is 60.4 Å². The third kappa shape index (κ3) is 9.53. The maximum atomic E-state index is 11.1. The lowest BCUT2D eigenvalue weighted by Gasteiger charge is -2.31. The van der Waals surface area contributed by atoms with Crippen molar-refractivity contribution in [3.05, 3.63) is 69.8 Å². The molecule has 1 aromatic carbocycles. The van der Waals surface area contributed by atoms with Crippen LogP contribution in [-0.4, -0.2) is 76.6 Å². The average molecular weight is 604 g/mol. The van der Waals surface area contributed by atoms with E-state index in [-0.39, 0.29) is 18.2 Å². The maximum absolute atomic E-state index is 11.1. The molecule has 2 aromatic rings. The number of aliphatic carboxylic acids is 1. The van der Waals surface area contributed by atoms with E-state index in [1.54, 1.807) is 18.2 Å². The van der Waals surface area contributed by atoms with Gasteiger partial charge in [-0.05, 0) is 87.3 Å². The van der Waals surface area contributed by atoms with Crippen LogP contribution in [0.4, 0.5) is 0 Å². The van der Waals surface area contributed by atoms with Gasteiger partial charge in [0.1, 0.15) is 0 Å². The van der Waals surface area contributed by atoms with E-state index in [1.807, 2.05) is 24.3 Å². The van der Waals surface area contributed by atoms with Gasteiger partial charge in [-0.2, -0.15) is 0 Å². The topological polar surface area (TPSA) is 121 Å². The van der Waals surface area contributed by atoms with Crippen LogP contribution in [-0.2, 0) is 11.3 Å². The van der Waals surface area contributed by atoms with Crippen molar-refractivity contribution < 1.29 is 14.6 Å². The Morgan fingerprint density at radius 3 is 2.41 bits per heavy atom. The molecule has 4 rings (SSSR count). The first kappa shape index (κ1) is 31.0. The first-order valence-corrected chi connectivity index (χ1v) is 14.9. The summed E-state index contributed by atoms with van der Waals surface area (Å²) < 4.78 is 5.98. The van der Waals surface area contributed by atoms with Crippen LogP contribution < -0.4 is 16.2 Å². The van der Waals surface area contributed by atoms with Crippen molar-refractivity contribution in [1.82, 2.24) is 19.7 Å². The van der Waals surface area contributed by atoms with E-state index in [4.69, 9.17) is 49.5 Å². The van der Waals surface area contributed by atoms with Gasteiger partial charge in [-0.25, -0.2) is 4.98 Å². The van der Waals surface area contributed by atoms with Crippen molar-refractivity contribution in [2.75, 3.05) is 45.8 Å². The van der Waals surface area contributed by atoms with E-state index in [0.717, 1.165) is 76.2 Å². The molecule has 1 aromatic heterocycles. The predicted octanol–water partition coefficient (Wildman–Crippen LogP) is 4.75. The van der Waals surface area contributed by atoms with Gasteiger partial charge >= 0.3 is 5.97 Å². The Labute approximate surface area is 252 Å². The number of pyridine rings is 1. The zero-order chi connectivity index (χ0) is 29.4. The predicted molar refractivity (Wildman–Crippen MR) is 163 cm³/mol. The standard InChI is InChI=1S/C30H40Cl2N6O3/c1-2-36-8-3-9-38(13-12-36)27(33)4-5-28(34)41-29-15-22(20-37-10-6-21(7-11-37)16-30(39)40)14-26(35-29)23-17-24(31)19-25(32)18-23/h4-5,14-15,17-19,21H,2-3,6-13,16,20,33-34H2,1H3,(H,39,40)/b27-4+,28-5+. The van der Waals surface area contributed by atoms with E-state index >= 15 is 0 Å². The minimum Gasteiger partial charge on any atom is -0.481 e. The van der Waals surface area contributed by atoms with Crippen LogP contribution >= 0.6 is 23.2 Å². The highest BCUT2D eigenvalue weighted by atomic mass is 35.5. The molecule has 222 valence electrons. The van der Waals surface area contributed by atoms with Crippen LogP contribution in [0.15, 0.2) is 54.2 Å². The molecular weight excluding hydrogens is 563 g/mol. The summed E-state index contributed by atoms with van der Waals surface area (Å²) in [6.07, 6.45) is 6.43. The fourth-order valence-corrected chi connectivity index (χ4v) is 5.91. The van der Waals surface area contributed by atoms with Crippen LogP contribution in [0.5, 0.6) is 5.88 Å². The van der Waals surface area contributed by atoms with Gasteiger partial charge in [0.15, 0.2) is 5.88 Å². The molecule has 41 heavy (non-hydrogen) atoms. The number of aromatic nitrogens is 1. The van der Waals surface area contributed by atoms with Crippen molar-refractivity contribution >= 4 is 29.2 Å². The number of likely N-dealkylation sites (N-methyl/N-ethyl adjacent to an activating group) is 1. The Hall–Kier alpha value is -2.98. The first-order chi connectivity index (χ1) is 19.7. The minimum absolute atomic E-state index is 0.173. The van der Waals surface area contributed by atoms with E-state index in [2.05, 4.69) is 21.6 Å². The molecule has 3 heterocycles. The Morgan fingerprint density at radius 1 is 1.00 bits per heavy atom. The number of piperidine rings is 1. The Balaban J connectivity index is 1.51. The van der Waals surface area contributed by atoms with Gasteiger partial charge in [-0.1, -0.05) is 30.1 Å². The van der Waals surface area contributed by atoms with Gasteiger partial charge in [-0.15, -0.1) is 0 Å². The SMILES string of the molecule is CCN1CCCN(/C(N)=C/C=C(\N)Oc2cc(CN3CCC(CC(=O)O)CC3)cc(-c3cc(Cl)cc(Cl)c3)n2)CC1. The minimum atomic E-state index is -0.735. The van der Waals surface area contributed by atoms with Crippen LogP contribution in [0, 0.1) is 5.92 Å². The van der Waals surface area contributed by atoms with Gasteiger partial charge in [-0.3, -0.25) is 9.69 Å². The summed E-state index contributed by atoms with van der Waals surface area (Å²) in [5, 5.41) is 10.2. The highest BCUT2D eigenvalue weighted by Gasteiger charge is 2.22. The summed E-state index contributed by atoms with van der Waals surface area (Å²) in [6.45, 7) is 9.35. The lowest BCUT2D eigenvalue weighted by Crippen LogP contribution is -2.33. The van der Waals surface area contributed by atoms with E-state index in [0.29, 0.717) is 34.0 Å². The number of carboxylic acids is 1. The van der Waals surface area contributed by atoms with Crippen LogP contribution in [0.1, 0.15) is 38.2 Å². The normalized spacial score (nSPS) is 18.4. The smallest absolute Gasteiger partial charge is 0.303 e. The van der Waals surface area contributed by atoms with Crippen molar-refractivity contribution in [3.63, 3.8) is 0 Å². The number of hydrogen-bond acceptors (Lipinski definition) is 8. The number of nitrogens with two attached hydrogens (primary N) is 2. The summed E-state index contributed by atoms with van der Waals surface area (Å²) in [5.41, 5.74) is 15.1. The van der Waals surface area contributed by atoms with Gasteiger partial charge < -0.3 is 31.1 Å². The summed E-state index contributed by atoms with van der Waals surface area (Å²) in [6, 6.07) is 9.17. The van der Waals surface area contributed by atoms with Gasteiger partial charge in [0.05, 0.1) is 11.5 Å². The molecule has 0 spiro atoms. The average Bonchev–Trinajstić information content (AvgIpc) is 3.18. The molecule has 0 amide bonds. The van der Waals surface area contributed by atoms with Crippen LogP contribution in [0.2, 0.25) is 10.0 Å². The molecule has 0 radical (unpaired) electrons. The number of ether oxygens (including phenoxy) is 1. The Kier molecular flexibility index (Phi) is 11.2. The number of hydrogen-bond donors (Lipinski definition) is 3. The number of allylic oxidation sites excluding steroid dienone is 2. The van der Waals surface area contributed by atoms with E-state index in [9.17, 15) is 4.79 Å². The zero-order valence-electron chi connectivity index (χ0n) is 23.6. The summed E-state index contributed by atoms with van der Waals surface area (Å²) in [5.74, 6) is 0.656. The number of benzene rings is 1. The first-order valence-electron chi connectivity index (χ1n) is 14.2. The molecular formula is C30H40Cl2N6O3. The number of likely N-dealkylation sites (tertiary alicyclic amines) is 1. The largest absolute Gasteiger partial charge is 0.481 e. The molecule has 0 unspecified atom stereocenters. The molecule has 2 saturated heterocycles. The van der Waals surface area contributed by atoms with Crippen LogP contribution in [0.3, 0.4) is 0 Å². The second kappa shape index (κ2) is 14.8. The highest BCUT2D eigenvalue weighted by Crippen LogP contribution is 2.30. The summed E-state index contributed by atoms with van der Waals surface area (Å²) in [7, 11) is 0. The van der Waals surface area contributed by atoms with Gasteiger partial charge in [0.25, 0.3) is 0 Å². The number of nitrogens with zero attached hydrogens (tertiary/aromatic N) is 4. The zero-order valence-corrected chi connectivity index (χ0v) is 25.1.